The summed E-state index contributed by atoms with van der Waals surface area (Å²) in [4.78, 5) is 55.5. The maximum Gasteiger partial charge on any atom is 0.408 e. The van der Waals surface area contributed by atoms with Gasteiger partial charge in [0, 0.05) is 42.3 Å². The number of carboxylic acids is 1. The van der Waals surface area contributed by atoms with E-state index in [0.717, 1.165) is 0 Å². The molecular weight excluding hydrogens is 716 g/mol. The topological polar surface area (TPSA) is 273 Å². The van der Waals surface area contributed by atoms with E-state index in [1.54, 1.807) is 37.8 Å². The number of nitrogens with one attached hydrogen (secondary N) is 2. The fourth-order valence-corrected chi connectivity index (χ4v) is 5.81. The largest absolute Gasteiger partial charge is 0.480 e. The van der Waals surface area contributed by atoms with E-state index in [1.165, 1.54) is 30.3 Å². The van der Waals surface area contributed by atoms with Crippen molar-refractivity contribution in [2.75, 3.05) is 36.0 Å². The van der Waals surface area contributed by atoms with Gasteiger partial charge in [-0.1, -0.05) is 0 Å². The highest BCUT2D eigenvalue weighted by atomic mass is 32.2. The first-order chi connectivity index (χ1) is 23.7. The Morgan fingerprint density at radius 3 is 2.16 bits per heavy atom. The van der Waals surface area contributed by atoms with Crippen molar-refractivity contribution in [1.82, 2.24) is 15.6 Å². The number of alkyl carbamates (subject to hydrolysis) is 1. The first kappa shape index (κ1) is 38.7. The van der Waals surface area contributed by atoms with Gasteiger partial charge >= 0.3 is 17.7 Å². The summed E-state index contributed by atoms with van der Waals surface area (Å²) < 4.78 is 79.3. The van der Waals surface area contributed by atoms with Gasteiger partial charge in [0.2, 0.25) is 5.89 Å². The molecule has 0 fully saturated rings. The highest BCUT2D eigenvalue weighted by Gasteiger charge is 2.25. The van der Waals surface area contributed by atoms with E-state index in [9.17, 15) is 41.1 Å². The number of aromatic nitrogens is 1. The molecule has 2 aromatic heterocycles. The van der Waals surface area contributed by atoms with Gasteiger partial charge in [0.1, 0.15) is 28.3 Å². The average Bonchev–Trinajstić information content (AvgIpc) is 3.42. The molecule has 2 heterocycles. The van der Waals surface area contributed by atoms with Gasteiger partial charge in [-0.15, -0.1) is 0 Å². The molecule has 0 aliphatic carbocycles. The number of ether oxygens (including phenoxy) is 1. The number of carbonyl (C=O) groups is 3. The van der Waals surface area contributed by atoms with E-state index in [1.807, 2.05) is 0 Å². The lowest BCUT2D eigenvalue weighted by Gasteiger charge is -2.24. The van der Waals surface area contributed by atoms with Crippen LogP contribution in [-0.2, 0) is 29.8 Å². The third kappa shape index (κ3) is 11.5. The van der Waals surface area contributed by atoms with Crippen LogP contribution < -0.4 is 21.2 Å². The zero-order valence-electron chi connectivity index (χ0n) is 27.6. The minimum atomic E-state index is -4.24. The smallest absolute Gasteiger partial charge is 0.408 e. The van der Waals surface area contributed by atoms with Crippen LogP contribution in [0.25, 0.3) is 33.5 Å². The molecule has 0 saturated heterocycles. The number of carbonyl (C=O) groups excluding carboxylic acids is 2. The number of nitrogens with zero attached hydrogens (tertiary/aromatic N) is 2. The first-order valence-electron chi connectivity index (χ1n) is 15.3. The number of oxazole rings is 1. The number of anilines is 1. The van der Waals surface area contributed by atoms with Gasteiger partial charge in [-0.05, 0) is 70.0 Å². The average molecular weight is 753 g/mol. The third-order valence-electron chi connectivity index (χ3n) is 7.08. The van der Waals surface area contributed by atoms with E-state index in [4.69, 9.17) is 22.7 Å². The quantitative estimate of drug-likeness (QED) is 0.0862. The van der Waals surface area contributed by atoms with E-state index in [-0.39, 0.29) is 59.6 Å². The Morgan fingerprint density at radius 1 is 0.922 bits per heavy atom. The number of carboxylic acid groups (broad SMARTS) is 1. The molecule has 0 bridgehead atoms. The molecule has 0 radical (unpaired) electrons. The van der Waals surface area contributed by atoms with Crippen LogP contribution in [0.15, 0.2) is 56.1 Å². The van der Waals surface area contributed by atoms with Crippen LogP contribution in [0.5, 0.6) is 0 Å². The predicted octanol–water partition coefficient (Wildman–Crippen LogP) is 2.67. The number of hydrogen-bond donors (Lipinski definition) is 5. The molecule has 51 heavy (non-hydrogen) atoms. The zero-order chi connectivity index (χ0) is 37.7. The summed E-state index contributed by atoms with van der Waals surface area (Å²) in [5, 5.41) is 14.5. The maximum absolute atomic E-state index is 13.1. The Bertz CT molecular complexity index is 2190. The Kier molecular flexibility index (Phi) is 11.7. The zero-order valence-corrected chi connectivity index (χ0v) is 29.2. The van der Waals surface area contributed by atoms with Crippen molar-refractivity contribution in [3.8, 4) is 11.5 Å². The van der Waals surface area contributed by atoms with Crippen molar-refractivity contribution in [3.05, 3.63) is 58.4 Å². The number of amides is 2. The van der Waals surface area contributed by atoms with Gasteiger partial charge < -0.3 is 34.2 Å². The van der Waals surface area contributed by atoms with Gasteiger partial charge in [-0.25, -0.2) is 19.4 Å². The molecule has 5 N–H and O–H groups in total. The molecule has 1 atom stereocenters. The summed E-state index contributed by atoms with van der Waals surface area (Å²) in [5.41, 5.74) is -0.662. The molecule has 2 amide bonds. The van der Waals surface area contributed by atoms with Crippen LogP contribution in [0.4, 0.5) is 10.5 Å². The van der Waals surface area contributed by atoms with Gasteiger partial charge in [0.25, 0.3) is 26.1 Å². The lowest BCUT2D eigenvalue weighted by Crippen LogP contribution is -2.49. The molecule has 0 saturated carbocycles. The molecule has 2 aromatic carbocycles. The van der Waals surface area contributed by atoms with Crippen LogP contribution in [0, 0.1) is 0 Å². The Morgan fingerprint density at radius 2 is 1.57 bits per heavy atom. The summed E-state index contributed by atoms with van der Waals surface area (Å²) in [6.45, 7) is 4.55. The van der Waals surface area contributed by atoms with Crippen LogP contribution in [-0.4, -0.2) is 96.8 Å². The summed E-state index contributed by atoms with van der Waals surface area (Å²) in [6, 6.07) is 8.90. The number of rotatable bonds is 15. The third-order valence-corrected chi connectivity index (χ3v) is 8.69. The van der Waals surface area contributed by atoms with Crippen LogP contribution >= 0.6 is 0 Å². The standard InChI is InChI=1S/C31H36N4O14S2/c1-31(2,3)49-30(40)34-23(28(37)38)17-32-26(36)19-7-9-24-22(15-19)33-27(47-24)21-14-18-6-8-20(16-25(18)48-29(21)39)35(10-4-12-50(41,42)43)11-5-13-51(44,45)46/h6-9,14-16,23H,4-5,10-13,17H2,1-3H3,(H,32,36)(H,34,40)(H,37,38)(H,41,42,43)(H,44,45,46). The van der Waals surface area contributed by atoms with Crippen molar-refractivity contribution in [2.24, 2.45) is 0 Å². The monoisotopic (exact) mass is 752 g/mol. The molecule has 1 unspecified atom stereocenters. The van der Waals surface area contributed by atoms with Crippen molar-refractivity contribution in [2.45, 2.75) is 45.3 Å². The lowest BCUT2D eigenvalue weighted by atomic mass is 10.1. The van der Waals surface area contributed by atoms with Gasteiger partial charge in [-0.3, -0.25) is 13.9 Å². The molecule has 0 aliphatic heterocycles. The van der Waals surface area contributed by atoms with E-state index < -0.39 is 73.5 Å². The predicted molar refractivity (Wildman–Crippen MR) is 183 cm³/mol. The second-order valence-electron chi connectivity index (χ2n) is 12.4. The number of fused-ring (bicyclic) bond motifs is 2. The van der Waals surface area contributed by atoms with Crippen LogP contribution in [0.1, 0.15) is 44.0 Å². The lowest BCUT2D eigenvalue weighted by molar-refractivity contribution is -0.139. The Hall–Kier alpha value is -5.05. The van der Waals surface area contributed by atoms with Gasteiger partial charge in [-0.2, -0.15) is 16.8 Å². The molecular formula is C31H36N4O14S2. The van der Waals surface area contributed by atoms with Crippen molar-refractivity contribution in [3.63, 3.8) is 0 Å². The fourth-order valence-electron chi connectivity index (χ4n) is 4.82. The number of aliphatic carboxylic acids is 1. The minimum absolute atomic E-state index is 0.000881. The van der Waals surface area contributed by atoms with Crippen molar-refractivity contribution in [1.29, 1.82) is 0 Å². The first-order valence-corrected chi connectivity index (χ1v) is 18.5. The van der Waals surface area contributed by atoms with Gasteiger partial charge in [0.15, 0.2) is 5.58 Å². The van der Waals surface area contributed by atoms with Gasteiger partial charge in [0.05, 0.1) is 11.5 Å². The fraction of sp³-hybridized carbons (Fsp3) is 0.387. The van der Waals surface area contributed by atoms with Crippen molar-refractivity contribution >= 4 is 66.0 Å². The second kappa shape index (κ2) is 15.5. The number of hydrogen-bond acceptors (Lipinski definition) is 13. The minimum Gasteiger partial charge on any atom is -0.480 e. The molecule has 4 rings (SSSR count). The molecule has 0 spiro atoms. The molecule has 0 aliphatic rings. The normalized spacial score (nSPS) is 12.8. The Balaban J connectivity index is 1.52. The molecule has 276 valence electrons. The van der Waals surface area contributed by atoms with Crippen LogP contribution in [0.2, 0.25) is 0 Å². The van der Waals surface area contributed by atoms with E-state index >= 15 is 0 Å². The highest BCUT2D eigenvalue weighted by Crippen LogP contribution is 2.28. The summed E-state index contributed by atoms with van der Waals surface area (Å²) >= 11 is 0. The summed E-state index contributed by atoms with van der Waals surface area (Å²) in [5.74, 6) is -3.27. The van der Waals surface area contributed by atoms with E-state index in [0.29, 0.717) is 11.1 Å². The highest BCUT2D eigenvalue weighted by molar-refractivity contribution is 7.86. The van der Waals surface area contributed by atoms with Crippen LogP contribution in [0.3, 0.4) is 0 Å². The Labute approximate surface area is 291 Å². The molecule has 20 heteroatoms. The second-order valence-corrected chi connectivity index (χ2v) is 15.5. The summed E-state index contributed by atoms with van der Waals surface area (Å²) in [6.07, 6.45) is -0.967. The maximum atomic E-state index is 13.1. The summed E-state index contributed by atoms with van der Waals surface area (Å²) in [7, 11) is -8.49. The number of benzene rings is 2. The van der Waals surface area contributed by atoms with E-state index in [2.05, 4.69) is 15.6 Å². The van der Waals surface area contributed by atoms with Crippen molar-refractivity contribution < 1.29 is 59.0 Å². The molecule has 4 aromatic rings. The molecule has 18 nitrogen and oxygen atoms in total. The SMILES string of the molecule is CC(C)(C)OC(=O)NC(CNC(=O)c1ccc2oc(-c3cc4ccc(N(CCCS(=O)(=O)O)CCCS(=O)(=O)O)cc4oc3=O)nc2c1)C(=O)O.